The molecule has 0 bridgehead atoms. The molecule has 0 saturated heterocycles. The first kappa shape index (κ1) is 17.3. The highest BCUT2D eigenvalue weighted by Crippen LogP contribution is 2.25. The van der Waals surface area contributed by atoms with E-state index in [4.69, 9.17) is 44.9 Å². The molecule has 0 aliphatic carbocycles. The first-order valence-electron chi connectivity index (χ1n) is 6.37. The van der Waals surface area contributed by atoms with Gasteiger partial charge < -0.3 is 14.8 Å². The highest BCUT2D eigenvalue weighted by Gasteiger charge is 2.08. The summed E-state index contributed by atoms with van der Waals surface area (Å²) in [5.74, 6) is 0.339. The number of methoxy groups -OCH3 is 1. The van der Waals surface area contributed by atoms with Crippen molar-refractivity contribution < 1.29 is 14.3 Å². The number of benzene rings is 2. The average molecular weight is 371 g/mol. The van der Waals surface area contributed by atoms with Crippen LogP contribution in [0, 0.1) is 0 Å². The van der Waals surface area contributed by atoms with E-state index in [1.807, 2.05) is 0 Å². The molecule has 2 aromatic rings. The van der Waals surface area contributed by atoms with Crippen molar-refractivity contribution in [3.05, 3.63) is 52.5 Å². The fraction of sp³-hybridized carbons (Fsp3) is 0.0667. The van der Waals surface area contributed by atoms with E-state index in [0.29, 0.717) is 27.2 Å². The summed E-state index contributed by atoms with van der Waals surface area (Å²) in [5, 5.41) is 6.34. The zero-order chi connectivity index (χ0) is 16.8. The first-order chi connectivity index (χ1) is 11.0. The Morgan fingerprint density at radius 1 is 1.04 bits per heavy atom. The van der Waals surface area contributed by atoms with Crippen LogP contribution in [-0.4, -0.2) is 18.4 Å². The number of halogens is 2. The lowest BCUT2D eigenvalue weighted by atomic mass is 10.3. The Balaban J connectivity index is 2.00. The molecule has 5 nitrogen and oxygen atoms in total. The van der Waals surface area contributed by atoms with Crippen LogP contribution in [-0.2, 0) is 4.74 Å². The fourth-order valence-corrected chi connectivity index (χ4v) is 2.05. The van der Waals surface area contributed by atoms with E-state index in [0.717, 1.165) is 0 Å². The van der Waals surface area contributed by atoms with Crippen molar-refractivity contribution in [3.63, 3.8) is 0 Å². The van der Waals surface area contributed by atoms with Gasteiger partial charge in [0, 0.05) is 17.4 Å². The Labute approximate surface area is 148 Å². The van der Waals surface area contributed by atoms with E-state index < -0.39 is 6.09 Å². The summed E-state index contributed by atoms with van der Waals surface area (Å²) in [4.78, 5) is 11.9. The van der Waals surface area contributed by atoms with Crippen LogP contribution in [0.4, 0.5) is 16.2 Å². The molecule has 0 heterocycles. The molecular formula is C15H12Cl2N2O3S. The maximum Gasteiger partial charge on any atom is 0.417 e. The number of hydrogen-bond acceptors (Lipinski definition) is 4. The molecule has 1 amide bonds. The molecule has 2 aromatic carbocycles. The fourth-order valence-electron chi connectivity index (χ4n) is 1.63. The summed E-state index contributed by atoms with van der Waals surface area (Å²) in [6.45, 7) is 0. The van der Waals surface area contributed by atoms with Gasteiger partial charge in [0.15, 0.2) is 0 Å². The Morgan fingerprint density at radius 2 is 1.78 bits per heavy atom. The van der Waals surface area contributed by atoms with Crippen molar-refractivity contribution in [1.82, 2.24) is 0 Å². The molecule has 0 aliphatic heterocycles. The van der Waals surface area contributed by atoms with Crippen LogP contribution in [0.1, 0.15) is 0 Å². The normalized spacial score (nSPS) is 9.87. The van der Waals surface area contributed by atoms with E-state index in [1.165, 1.54) is 13.2 Å². The van der Waals surface area contributed by atoms with Gasteiger partial charge in [0.25, 0.3) is 5.17 Å². The number of rotatable bonds is 3. The summed E-state index contributed by atoms with van der Waals surface area (Å²) in [5.41, 5.74) is 1.11. The van der Waals surface area contributed by atoms with Gasteiger partial charge in [-0.25, -0.2) is 4.79 Å². The molecule has 0 saturated carbocycles. The Hall–Kier alpha value is -2.02. The molecule has 0 aliphatic rings. The predicted molar refractivity (Wildman–Crippen MR) is 95.8 cm³/mol. The quantitative estimate of drug-likeness (QED) is 0.748. The van der Waals surface area contributed by atoms with Crippen molar-refractivity contribution >= 4 is 58.1 Å². The van der Waals surface area contributed by atoms with Gasteiger partial charge in [0.05, 0.1) is 17.2 Å². The maximum atomic E-state index is 11.9. The summed E-state index contributed by atoms with van der Waals surface area (Å²) < 4.78 is 10.0. The number of ether oxygens (including phenoxy) is 2. The average Bonchev–Trinajstić information content (AvgIpc) is 2.51. The van der Waals surface area contributed by atoms with Crippen LogP contribution in [0.2, 0.25) is 10.0 Å². The number of carbonyl (C=O) groups is 1. The molecule has 2 rings (SSSR count). The molecular weight excluding hydrogens is 359 g/mol. The highest BCUT2D eigenvalue weighted by atomic mass is 35.5. The van der Waals surface area contributed by atoms with Gasteiger partial charge in [0.2, 0.25) is 0 Å². The minimum Gasteiger partial charge on any atom is -0.474 e. The second kappa shape index (κ2) is 8.01. The Morgan fingerprint density at radius 3 is 2.48 bits per heavy atom. The van der Waals surface area contributed by atoms with Crippen LogP contribution < -0.4 is 15.4 Å². The van der Waals surface area contributed by atoms with E-state index >= 15 is 0 Å². The topological polar surface area (TPSA) is 59.6 Å². The van der Waals surface area contributed by atoms with Crippen LogP contribution in [0.25, 0.3) is 0 Å². The largest absolute Gasteiger partial charge is 0.474 e. The maximum absolute atomic E-state index is 11.9. The Kier molecular flexibility index (Phi) is 6.04. The molecule has 0 aromatic heterocycles. The van der Waals surface area contributed by atoms with E-state index in [1.54, 1.807) is 36.4 Å². The molecule has 23 heavy (non-hydrogen) atoms. The summed E-state index contributed by atoms with van der Waals surface area (Å²) in [6, 6.07) is 11.4. The summed E-state index contributed by atoms with van der Waals surface area (Å²) in [7, 11) is 1.46. The van der Waals surface area contributed by atoms with Crippen LogP contribution in [0.15, 0.2) is 42.5 Å². The third-order valence-corrected chi connectivity index (χ3v) is 3.65. The lowest BCUT2D eigenvalue weighted by Crippen LogP contribution is -2.17. The number of amides is 1. The smallest absolute Gasteiger partial charge is 0.417 e. The first-order valence-corrected chi connectivity index (χ1v) is 7.53. The number of hydrogen-bond donors (Lipinski definition) is 2. The molecule has 2 N–H and O–H groups in total. The van der Waals surface area contributed by atoms with Crippen LogP contribution in [0.5, 0.6) is 5.75 Å². The molecule has 8 heteroatoms. The van der Waals surface area contributed by atoms with E-state index in [2.05, 4.69) is 10.6 Å². The highest BCUT2D eigenvalue weighted by molar-refractivity contribution is 7.80. The third-order valence-electron chi connectivity index (χ3n) is 2.64. The minimum atomic E-state index is -0.658. The predicted octanol–water partition coefficient (Wildman–Crippen LogP) is 4.95. The second-order valence-corrected chi connectivity index (χ2v) is 5.47. The van der Waals surface area contributed by atoms with Gasteiger partial charge in [0.1, 0.15) is 5.75 Å². The van der Waals surface area contributed by atoms with Crippen LogP contribution >= 0.6 is 35.4 Å². The molecule has 0 atom stereocenters. The lowest BCUT2D eigenvalue weighted by Gasteiger charge is -2.10. The van der Waals surface area contributed by atoms with Gasteiger partial charge in [-0.2, -0.15) is 0 Å². The van der Waals surface area contributed by atoms with Crippen molar-refractivity contribution in [2.75, 3.05) is 17.7 Å². The number of thiocarbonyl (C=S) groups is 1. The standard InChI is InChI=1S/C15H12Cl2N2O3S/c1-21-15(23)19-9-3-2-4-11(7-9)22-14(20)18-10-5-6-12(16)13(17)8-10/h2-8H,1H3,(H,18,20)(H,19,23). The van der Waals surface area contributed by atoms with Gasteiger partial charge in [-0.05, 0) is 42.5 Å². The van der Waals surface area contributed by atoms with Gasteiger partial charge in [-0.3, -0.25) is 5.32 Å². The van der Waals surface area contributed by atoms with Gasteiger partial charge in [-0.1, -0.05) is 29.3 Å². The number of anilines is 2. The molecule has 0 radical (unpaired) electrons. The number of carbonyl (C=O) groups excluding carboxylic acids is 1. The number of nitrogens with one attached hydrogen (secondary N) is 2. The zero-order valence-corrected chi connectivity index (χ0v) is 14.3. The van der Waals surface area contributed by atoms with E-state index in [-0.39, 0.29) is 5.17 Å². The zero-order valence-electron chi connectivity index (χ0n) is 11.9. The molecule has 0 spiro atoms. The minimum absolute atomic E-state index is 0.211. The third kappa shape index (κ3) is 5.28. The van der Waals surface area contributed by atoms with Gasteiger partial charge in [-0.15, -0.1) is 0 Å². The van der Waals surface area contributed by atoms with E-state index in [9.17, 15) is 4.79 Å². The van der Waals surface area contributed by atoms with Gasteiger partial charge >= 0.3 is 6.09 Å². The lowest BCUT2D eigenvalue weighted by molar-refractivity contribution is 0.215. The van der Waals surface area contributed by atoms with Crippen molar-refractivity contribution in [3.8, 4) is 5.75 Å². The van der Waals surface area contributed by atoms with Crippen molar-refractivity contribution in [2.24, 2.45) is 0 Å². The molecule has 120 valence electrons. The summed E-state index contributed by atoms with van der Waals surface area (Å²) in [6.07, 6.45) is -0.658. The SMILES string of the molecule is COC(=S)Nc1cccc(OC(=O)Nc2ccc(Cl)c(Cl)c2)c1. The molecule has 0 fully saturated rings. The van der Waals surface area contributed by atoms with Crippen molar-refractivity contribution in [1.29, 1.82) is 0 Å². The Bertz CT molecular complexity index is 740. The molecule has 0 unspecified atom stereocenters. The van der Waals surface area contributed by atoms with Crippen LogP contribution in [0.3, 0.4) is 0 Å². The van der Waals surface area contributed by atoms with Crippen molar-refractivity contribution in [2.45, 2.75) is 0 Å². The monoisotopic (exact) mass is 370 g/mol. The second-order valence-electron chi connectivity index (χ2n) is 4.29. The summed E-state index contributed by atoms with van der Waals surface area (Å²) >= 11 is 16.6.